The third-order valence-electron chi connectivity index (χ3n) is 2.65. The van der Waals surface area contributed by atoms with Gasteiger partial charge < -0.3 is 9.47 Å². The van der Waals surface area contributed by atoms with E-state index in [2.05, 4.69) is 13.8 Å². The number of carbonyl (C=O) groups excluding carboxylic acids is 1. The van der Waals surface area contributed by atoms with Gasteiger partial charge in [0.25, 0.3) is 0 Å². The molecule has 12 heavy (non-hydrogen) atoms. The Morgan fingerprint density at radius 2 is 1.50 bits per heavy atom. The molecule has 0 spiro atoms. The van der Waals surface area contributed by atoms with Crippen LogP contribution < -0.4 is 0 Å². The molecule has 1 heterocycles. The van der Waals surface area contributed by atoms with Crippen LogP contribution >= 0.6 is 0 Å². The molecule has 2 unspecified atom stereocenters. The summed E-state index contributed by atoms with van der Waals surface area (Å²) in [7, 11) is 0. The number of rotatable bonds is 0. The first-order valence-electron chi connectivity index (χ1n) is 4.19. The average molecular weight is 168 g/mol. The first-order chi connectivity index (χ1) is 5.66. The lowest BCUT2D eigenvalue weighted by atomic mass is 9.90. The van der Waals surface area contributed by atoms with Crippen LogP contribution in [0.15, 0.2) is 11.1 Å². The fraction of sp³-hybridized carbons (Fsp3) is 0.667. The molecule has 1 aliphatic carbocycles. The minimum absolute atomic E-state index is 0.0267. The number of carbonyl (C=O) groups is 1. The van der Waals surface area contributed by atoms with E-state index >= 15 is 0 Å². The normalized spacial score (nSPS) is 34.3. The standard InChI is InChI=1S/C9H12O3/c1-5-3-7-8(4-6(5)2)12-9(10)11-7/h7-8H,3-4H2,1-2H3. The van der Waals surface area contributed by atoms with E-state index in [1.807, 2.05) is 0 Å². The van der Waals surface area contributed by atoms with Crippen LogP contribution in [0, 0.1) is 0 Å². The van der Waals surface area contributed by atoms with E-state index in [-0.39, 0.29) is 12.2 Å². The second-order valence-electron chi connectivity index (χ2n) is 3.53. The molecular weight excluding hydrogens is 156 g/mol. The van der Waals surface area contributed by atoms with Crippen molar-refractivity contribution in [3.63, 3.8) is 0 Å². The number of fused-ring (bicyclic) bond motifs is 1. The van der Waals surface area contributed by atoms with Gasteiger partial charge in [-0.05, 0) is 13.8 Å². The van der Waals surface area contributed by atoms with Gasteiger partial charge in [-0.3, -0.25) is 0 Å². The summed E-state index contributed by atoms with van der Waals surface area (Å²) in [5.41, 5.74) is 2.66. The SMILES string of the molecule is CC1=C(C)CC2OC(=O)OC2C1. The van der Waals surface area contributed by atoms with Crippen LogP contribution in [0.25, 0.3) is 0 Å². The lowest BCUT2D eigenvalue weighted by Gasteiger charge is -2.22. The first kappa shape index (κ1) is 7.65. The lowest BCUT2D eigenvalue weighted by molar-refractivity contribution is 0.116. The monoisotopic (exact) mass is 168 g/mol. The Hall–Kier alpha value is -0.990. The highest BCUT2D eigenvalue weighted by molar-refractivity contribution is 5.63. The predicted molar refractivity (Wildman–Crippen MR) is 42.8 cm³/mol. The molecule has 2 aliphatic rings. The Balaban J connectivity index is 2.17. The van der Waals surface area contributed by atoms with Gasteiger partial charge in [-0.1, -0.05) is 11.1 Å². The van der Waals surface area contributed by atoms with Crippen LogP contribution in [-0.4, -0.2) is 18.4 Å². The molecule has 0 radical (unpaired) electrons. The largest absolute Gasteiger partial charge is 0.509 e. The number of hydrogen-bond donors (Lipinski definition) is 0. The Morgan fingerprint density at radius 3 is 1.92 bits per heavy atom. The first-order valence-corrected chi connectivity index (χ1v) is 4.19. The van der Waals surface area contributed by atoms with Gasteiger partial charge >= 0.3 is 6.16 Å². The Labute approximate surface area is 71.3 Å². The van der Waals surface area contributed by atoms with Crippen LogP contribution in [0.5, 0.6) is 0 Å². The van der Waals surface area contributed by atoms with Gasteiger partial charge in [-0.2, -0.15) is 0 Å². The summed E-state index contributed by atoms with van der Waals surface area (Å²) in [5.74, 6) is 0. The second kappa shape index (κ2) is 2.51. The summed E-state index contributed by atoms with van der Waals surface area (Å²) in [4.78, 5) is 10.8. The van der Waals surface area contributed by atoms with Crippen LogP contribution in [0.1, 0.15) is 26.7 Å². The fourth-order valence-electron chi connectivity index (χ4n) is 1.72. The average Bonchev–Trinajstić information content (AvgIpc) is 2.30. The van der Waals surface area contributed by atoms with Crippen molar-refractivity contribution in [1.82, 2.24) is 0 Å². The maximum absolute atomic E-state index is 10.8. The molecule has 3 nitrogen and oxygen atoms in total. The van der Waals surface area contributed by atoms with E-state index in [0.29, 0.717) is 0 Å². The van der Waals surface area contributed by atoms with E-state index in [9.17, 15) is 4.79 Å². The summed E-state index contributed by atoms with van der Waals surface area (Å²) >= 11 is 0. The zero-order chi connectivity index (χ0) is 8.72. The maximum Gasteiger partial charge on any atom is 0.509 e. The van der Waals surface area contributed by atoms with Crippen LogP contribution in [0.2, 0.25) is 0 Å². The predicted octanol–water partition coefficient (Wildman–Crippen LogP) is 2.02. The van der Waals surface area contributed by atoms with Crippen molar-refractivity contribution < 1.29 is 14.3 Å². The highest BCUT2D eigenvalue weighted by Gasteiger charge is 2.39. The van der Waals surface area contributed by atoms with E-state index in [1.165, 1.54) is 11.1 Å². The third kappa shape index (κ3) is 1.09. The highest BCUT2D eigenvalue weighted by Crippen LogP contribution is 2.32. The van der Waals surface area contributed by atoms with Gasteiger partial charge in [0.1, 0.15) is 12.2 Å². The topological polar surface area (TPSA) is 35.5 Å². The molecule has 0 aromatic heterocycles. The summed E-state index contributed by atoms with van der Waals surface area (Å²) < 4.78 is 9.98. The van der Waals surface area contributed by atoms with Crippen molar-refractivity contribution in [1.29, 1.82) is 0 Å². The Kier molecular flexibility index (Phi) is 1.60. The van der Waals surface area contributed by atoms with Gasteiger partial charge in [0.05, 0.1) is 0 Å². The van der Waals surface area contributed by atoms with Gasteiger partial charge in [-0.25, -0.2) is 4.79 Å². The molecule has 0 N–H and O–H groups in total. The molecule has 2 atom stereocenters. The molecule has 1 aliphatic heterocycles. The minimum Gasteiger partial charge on any atom is -0.427 e. The van der Waals surface area contributed by atoms with Crippen molar-refractivity contribution >= 4 is 6.16 Å². The zero-order valence-corrected chi connectivity index (χ0v) is 7.29. The Bertz CT molecular complexity index is 230. The van der Waals surface area contributed by atoms with Gasteiger partial charge in [0, 0.05) is 12.8 Å². The smallest absolute Gasteiger partial charge is 0.427 e. The molecule has 1 saturated heterocycles. The van der Waals surface area contributed by atoms with E-state index in [0.717, 1.165) is 12.8 Å². The zero-order valence-electron chi connectivity index (χ0n) is 7.29. The summed E-state index contributed by atoms with van der Waals surface area (Å²) in [6.45, 7) is 4.16. The Morgan fingerprint density at radius 1 is 1.08 bits per heavy atom. The molecule has 2 rings (SSSR count). The van der Waals surface area contributed by atoms with Crippen LogP contribution in [0.4, 0.5) is 4.79 Å². The van der Waals surface area contributed by atoms with E-state index in [4.69, 9.17) is 9.47 Å². The number of ether oxygens (including phenoxy) is 2. The lowest BCUT2D eigenvalue weighted by Crippen LogP contribution is -2.27. The molecule has 0 bridgehead atoms. The van der Waals surface area contributed by atoms with Crippen molar-refractivity contribution in [2.24, 2.45) is 0 Å². The van der Waals surface area contributed by atoms with Gasteiger partial charge in [0.2, 0.25) is 0 Å². The second-order valence-corrected chi connectivity index (χ2v) is 3.53. The molecular formula is C9H12O3. The molecule has 0 saturated carbocycles. The van der Waals surface area contributed by atoms with E-state index < -0.39 is 6.16 Å². The van der Waals surface area contributed by atoms with Crippen LogP contribution in [0.3, 0.4) is 0 Å². The summed E-state index contributed by atoms with van der Waals surface area (Å²) in [6.07, 6.45) is 1.11. The molecule has 1 fully saturated rings. The van der Waals surface area contributed by atoms with Gasteiger partial charge in [-0.15, -0.1) is 0 Å². The molecule has 0 aromatic rings. The minimum atomic E-state index is -0.507. The molecule has 0 amide bonds. The van der Waals surface area contributed by atoms with Gasteiger partial charge in [0.15, 0.2) is 0 Å². The van der Waals surface area contributed by atoms with Crippen molar-refractivity contribution in [2.75, 3.05) is 0 Å². The summed E-state index contributed by atoms with van der Waals surface area (Å²) in [6, 6.07) is 0. The van der Waals surface area contributed by atoms with Crippen molar-refractivity contribution in [3.8, 4) is 0 Å². The molecule has 3 heteroatoms. The summed E-state index contributed by atoms with van der Waals surface area (Å²) in [5, 5.41) is 0. The molecule has 0 aromatic carbocycles. The maximum atomic E-state index is 10.8. The molecule has 66 valence electrons. The van der Waals surface area contributed by atoms with Crippen molar-refractivity contribution in [2.45, 2.75) is 38.9 Å². The van der Waals surface area contributed by atoms with E-state index in [1.54, 1.807) is 0 Å². The highest BCUT2D eigenvalue weighted by atomic mass is 16.8. The number of hydrogen-bond acceptors (Lipinski definition) is 3. The van der Waals surface area contributed by atoms with Crippen molar-refractivity contribution in [3.05, 3.63) is 11.1 Å². The van der Waals surface area contributed by atoms with Crippen LogP contribution in [-0.2, 0) is 9.47 Å². The fourth-order valence-corrected chi connectivity index (χ4v) is 1.72. The third-order valence-corrected chi connectivity index (χ3v) is 2.65. The quantitative estimate of drug-likeness (QED) is 0.410.